The van der Waals surface area contributed by atoms with Gasteiger partial charge in [0.15, 0.2) is 8.32 Å². The molecule has 1 N–H and O–H groups in total. The molecule has 0 amide bonds. The molecular formula is C24H43NO5SSi. The molecule has 0 aliphatic carbocycles. The molecule has 0 aromatic heterocycles. The second-order valence-electron chi connectivity index (χ2n) is 11.2. The Morgan fingerprint density at radius 1 is 1.06 bits per heavy atom. The normalized spacial score (nSPS) is 15.3. The molecule has 6 nitrogen and oxygen atoms in total. The maximum Gasteiger partial charge on any atom is 0.309 e. The van der Waals surface area contributed by atoms with Gasteiger partial charge in [-0.3, -0.25) is 4.79 Å². The summed E-state index contributed by atoms with van der Waals surface area (Å²) in [6.07, 6.45) is 0.811. The van der Waals surface area contributed by atoms with Crippen LogP contribution in [0.25, 0.3) is 0 Å². The van der Waals surface area contributed by atoms with Gasteiger partial charge in [-0.05, 0) is 70.8 Å². The molecule has 184 valence electrons. The minimum atomic E-state index is -3.72. The predicted molar refractivity (Wildman–Crippen MR) is 133 cm³/mol. The van der Waals surface area contributed by atoms with Crippen molar-refractivity contribution in [3.8, 4) is 0 Å². The molecule has 0 aliphatic heterocycles. The molecule has 2 unspecified atom stereocenters. The SMILES string of the molecule is Cc1ccc(S(=O)(=O)NC(CCO[Si](C)(C)C(C)(C)C)CC(C)C(=O)OC(C)(C)C)cc1. The minimum absolute atomic E-state index is 0.0632. The van der Waals surface area contributed by atoms with Gasteiger partial charge in [0, 0.05) is 12.6 Å². The van der Waals surface area contributed by atoms with Gasteiger partial charge in [-0.2, -0.15) is 0 Å². The summed E-state index contributed by atoms with van der Waals surface area (Å²) in [6.45, 7) is 20.4. The quantitative estimate of drug-likeness (QED) is 0.353. The third kappa shape index (κ3) is 9.33. The molecule has 0 aliphatic rings. The van der Waals surface area contributed by atoms with Gasteiger partial charge in [0.2, 0.25) is 10.0 Å². The average Bonchev–Trinajstić information content (AvgIpc) is 2.59. The van der Waals surface area contributed by atoms with Gasteiger partial charge in [0.25, 0.3) is 0 Å². The van der Waals surface area contributed by atoms with Crippen LogP contribution in [0.1, 0.15) is 66.9 Å². The Balaban J connectivity index is 2.99. The fraction of sp³-hybridized carbons (Fsp3) is 0.708. The van der Waals surface area contributed by atoms with E-state index in [1.807, 2.05) is 27.7 Å². The Kier molecular flexibility index (Phi) is 9.73. The minimum Gasteiger partial charge on any atom is -0.460 e. The number of carbonyl (C=O) groups is 1. The molecule has 0 bridgehead atoms. The molecule has 2 atom stereocenters. The number of ether oxygens (including phenoxy) is 1. The van der Waals surface area contributed by atoms with Crippen LogP contribution in [0.3, 0.4) is 0 Å². The zero-order chi connectivity index (χ0) is 25.0. The van der Waals surface area contributed by atoms with Crippen molar-refractivity contribution in [3.63, 3.8) is 0 Å². The fourth-order valence-corrected chi connectivity index (χ4v) is 5.17. The number of benzene rings is 1. The van der Waals surface area contributed by atoms with Crippen LogP contribution in [0, 0.1) is 12.8 Å². The van der Waals surface area contributed by atoms with E-state index in [0.29, 0.717) is 19.4 Å². The molecule has 0 spiro atoms. The number of nitrogens with one attached hydrogen (secondary N) is 1. The van der Waals surface area contributed by atoms with Crippen molar-refractivity contribution < 1.29 is 22.4 Å². The summed E-state index contributed by atoms with van der Waals surface area (Å²) in [4.78, 5) is 12.7. The topological polar surface area (TPSA) is 81.7 Å². The van der Waals surface area contributed by atoms with E-state index in [4.69, 9.17) is 9.16 Å². The molecule has 1 rings (SSSR count). The highest BCUT2D eigenvalue weighted by atomic mass is 32.2. The highest BCUT2D eigenvalue weighted by Gasteiger charge is 2.37. The summed E-state index contributed by atoms with van der Waals surface area (Å²) in [5.41, 5.74) is 0.398. The molecule has 1 aromatic carbocycles. The maximum atomic E-state index is 13.0. The first-order chi connectivity index (χ1) is 14.3. The number of sulfonamides is 1. The van der Waals surface area contributed by atoms with Crippen LogP contribution < -0.4 is 4.72 Å². The van der Waals surface area contributed by atoms with E-state index in [1.54, 1.807) is 31.2 Å². The molecule has 8 heteroatoms. The Morgan fingerprint density at radius 2 is 1.59 bits per heavy atom. The average molecular weight is 486 g/mol. The van der Waals surface area contributed by atoms with Crippen LogP contribution in [-0.4, -0.2) is 41.0 Å². The number of hydrogen-bond donors (Lipinski definition) is 1. The zero-order valence-corrected chi connectivity index (χ0v) is 23.4. The van der Waals surface area contributed by atoms with Crippen LogP contribution in [0.2, 0.25) is 18.1 Å². The number of aryl methyl sites for hydroxylation is 1. The van der Waals surface area contributed by atoms with Crippen LogP contribution >= 0.6 is 0 Å². The molecular weight excluding hydrogens is 442 g/mol. The molecule has 0 fully saturated rings. The van der Waals surface area contributed by atoms with Crippen molar-refractivity contribution in [1.82, 2.24) is 4.72 Å². The number of esters is 1. The fourth-order valence-electron chi connectivity index (χ4n) is 2.83. The third-order valence-corrected chi connectivity index (χ3v) is 11.9. The second-order valence-corrected chi connectivity index (χ2v) is 17.7. The molecule has 0 radical (unpaired) electrons. The van der Waals surface area contributed by atoms with Gasteiger partial charge >= 0.3 is 5.97 Å². The van der Waals surface area contributed by atoms with E-state index in [2.05, 4.69) is 38.6 Å². The Labute approximate surface area is 196 Å². The Hall–Kier alpha value is -1.22. The van der Waals surface area contributed by atoms with E-state index in [0.717, 1.165) is 5.56 Å². The van der Waals surface area contributed by atoms with Gasteiger partial charge in [-0.15, -0.1) is 0 Å². The lowest BCUT2D eigenvalue weighted by Crippen LogP contribution is -2.43. The van der Waals surface area contributed by atoms with Gasteiger partial charge < -0.3 is 9.16 Å². The summed E-state index contributed by atoms with van der Waals surface area (Å²) in [7, 11) is -5.69. The Bertz CT molecular complexity index is 852. The van der Waals surface area contributed by atoms with Gasteiger partial charge in [-0.1, -0.05) is 45.4 Å². The summed E-state index contributed by atoms with van der Waals surface area (Å²) in [5.74, 6) is -0.782. The molecule has 32 heavy (non-hydrogen) atoms. The predicted octanol–water partition coefficient (Wildman–Crippen LogP) is 5.42. The van der Waals surface area contributed by atoms with Crippen molar-refractivity contribution >= 4 is 24.3 Å². The largest absolute Gasteiger partial charge is 0.460 e. The van der Waals surface area contributed by atoms with Crippen LogP contribution in [0.4, 0.5) is 0 Å². The van der Waals surface area contributed by atoms with E-state index >= 15 is 0 Å². The van der Waals surface area contributed by atoms with Crippen LogP contribution in [0.15, 0.2) is 29.2 Å². The van der Waals surface area contributed by atoms with Crippen molar-refractivity contribution in [1.29, 1.82) is 0 Å². The standard InChI is InChI=1S/C24H43NO5SSi/c1-18-11-13-21(14-12-18)31(27,28)25-20(15-16-29-32(9,10)24(6,7)8)17-19(2)22(26)30-23(3,4)5/h11-14,19-20,25H,15-17H2,1-10H3. The van der Waals surface area contributed by atoms with Crippen molar-refractivity contribution in [2.24, 2.45) is 5.92 Å². The first kappa shape index (κ1) is 28.8. The monoisotopic (exact) mass is 485 g/mol. The highest BCUT2D eigenvalue weighted by Crippen LogP contribution is 2.36. The summed E-state index contributed by atoms with van der Waals surface area (Å²) in [6, 6.07) is 6.28. The lowest BCUT2D eigenvalue weighted by Gasteiger charge is -2.36. The maximum absolute atomic E-state index is 13.0. The second kappa shape index (κ2) is 10.8. The molecule has 1 aromatic rings. The van der Waals surface area contributed by atoms with Crippen LogP contribution in [0.5, 0.6) is 0 Å². The van der Waals surface area contributed by atoms with Gasteiger partial charge in [0.05, 0.1) is 10.8 Å². The summed E-state index contributed by atoms with van der Waals surface area (Å²) >= 11 is 0. The van der Waals surface area contributed by atoms with Crippen molar-refractivity contribution in [3.05, 3.63) is 29.8 Å². The summed E-state index contributed by atoms with van der Waals surface area (Å²) < 4.78 is 40.6. The Morgan fingerprint density at radius 3 is 2.06 bits per heavy atom. The lowest BCUT2D eigenvalue weighted by atomic mass is 10.00. The number of carbonyl (C=O) groups excluding carboxylic acids is 1. The molecule has 0 saturated carbocycles. The van der Waals surface area contributed by atoms with Crippen LogP contribution in [-0.2, 0) is 24.0 Å². The van der Waals surface area contributed by atoms with Crippen molar-refractivity contribution in [2.75, 3.05) is 6.61 Å². The molecule has 0 heterocycles. The molecule has 0 saturated heterocycles. The third-order valence-electron chi connectivity index (χ3n) is 5.84. The summed E-state index contributed by atoms with van der Waals surface area (Å²) in [5, 5.41) is 0.0632. The van der Waals surface area contributed by atoms with Gasteiger partial charge in [0.1, 0.15) is 5.60 Å². The first-order valence-electron chi connectivity index (χ1n) is 11.3. The van der Waals surface area contributed by atoms with Crippen molar-refractivity contribution in [2.45, 2.75) is 103 Å². The zero-order valence-electron chi connectivity index (χ0n) is 21.5. The van der Waals surface area contributed by atoms with E-state index in [1.165, 1.54) is 0 Å². The van der Waals surface area contributed by atoms with E-state index in [9.17, 15) is 13.2 Å². The number of rotatable bonds is 10. The van der Waals surface area contributed by atoms with Gasteiger partial charge in [-0.25, -0.2) is 13.1 Å². The van der Waals surface area contributed by atoms with E-state index in [-0.39, 0.29) is 15.9 Å². The highest BCUT2D eigenvalue weighted by molar-refractivity contribution is 7.89. The smallest absolute Gasteiger partial charge is 0.309 e. The lowest BCUT2D eigenvalue weighted by molar-refractivity contribution is -0.159. The number of hydrogen-bond acceptors (Lipinski definition) is 5. The van der Waals surface area contributed by atoms with E-state index < -0.39 is 35.9 Å². The first-order valence-corrected chi connectivity index (χ1v) is 15.7.